The number of morpholine rings is 1. The van der Waals surface area contributed by atoms with Crippen LogP contribution in [0.5, 0.6) is 0 Å². The van der Waals surface area contributed by atoms with Crippen LogP contribution >= 0.6 is 0 Å². The number of hydrogen-bond donors (Lipinski definition) is 2. The second kappa shape index (κ2) is 7.43. The van der Waals surface area contributed by atoms with Gasteiger partial charge in [-0.2, -0.15) is 0 Å². The zero-order chi connectivity index (χ0) is 15.2. The van der Waals surface area contributed by atoms with Gasteiger partial charge in [0.1, 0.15) is 0 Å². The Labute approximate surface area is 125 Å². The van der Waals surface area contributed by atoms with Gasteiger partial charge >= 0.3 is 0 Å². The molecule has 1 unspecified atom stereocenters. The first-order valence-electron chi connectivity index (χ1n) is 7.51. The molecule has 21 heavy (non-hydrogen) atoms. The van der Waals surface area contributed by atoms with E-state index in [-0.39, 0.29) is 18.6 Å². The molecule has 1 aliphatic rings. The number of nitrogens with zero attached hydrogens (tertiary/aromatic N) is 1. The van der Waals surface area contributed by atoms with Gasteiger partial charge < -0.3 is 20.1 Å². The summed E-state index contributed by atoms with van der Waals surface area (Å²) in [5.74, 6) is -0.0454. The summed E-state index contributed by atoms with van der Waals surface area (Å²) >= 11 is 0. The second-order valence-corrected chi connectivity index (χ2v) is 5.39. The molecule has 2 N–H and O–H groups in total. The highest BCUT2D eigenvalue weighted by atomic mass is 16.5. The minimum absolute atomic E-state index is 0.0454. The Kier molecular flexibility index (Phi) is 5.59. The average molecular weight is 292 g/mol. The summed E-state index contributed by atoms with van der Waals surface area (Å²) in [4.78, 5) is 14.5. The number of rotatable bonds is 5. The fourth-order valence-corrected chi connectivity index (χ4v) is 2.48. The number of anilines is 1. The minimum Gasteiger partial charge on any atom is -0.394 e. The number of nitrogens with one attached hydrogen (secondary N) is 1. The molecule has 0 radical (unpaired) electrons. The van der Waals surface area contributed by atoms with E-state index < -0.39 is 0 Å². The normalized spacial score (nSPS) is 18.6. The molecule has 0 spiro atoms. The highest BCUT2D eigenvalue weighted by Crippen LogP contribution is 2.21. The van der Waals surface area contributed by atoms with Crippen molar-refractivity contribution in [3.63, 3.8) is 0 Å². The lowest BCUT2D eigenvalue weighted by atomic mass is 10.1. The number of hydrogen-bond acceptors (Lipinski definition) is 4. The molecule has 1 aliphatic heterocycles. The maximum absolute atomic E-state index is 12.8. The molecule has 1 aromatic carbocycles. The van der Waals surface area contributed by atoms with E-state index in [1.807, 2.05) is 25.1 Å². The average Bonchev–Trinajstić information content (AvgIpc) is 2.52. The standard InChI is InChI=1S/C16H24N2O3/c1-3-6-17-15-9-12(2)4-5-14(15)16(20)18-7-8-21-11-13(18)10-19/h4-5,9,13,17,19H,3,6-8,10-11H2,1-2H3. The van der Waals surface area contributed by atoms with Crippen LogP contribution in [0.2, 0.25) is 0 Å². The number of ether oxygens (including phenoxy) is 1. The van der Waals surface area contributed by atoms with E-state index in [1.165, 1.54) is 0 Å². The summed E-state index contributed by atoms with van der Waals surface area (Å²) in [6.45, 7) is 6.29. The third-order valence-electron chi connectivity index (χ3n) is 3.67. The predicted octanol–water partition coefficient (Wildman–Crippen LogP) is 1.65. The Hall–Kier alpha value is -1.59. The highest BCUT2D eigenvalue weighted by molar-refractivity contribution is 6.00. The molecule has 2 rings (SSSR count). The maximum atomic E-state index is 12.8. The van der Waals surface area contributed by atoms with Gasteiger partial charge in [0.2, 0.25) is 0 Å². The largest absolute Gasteiger partial charge is 0.394 e. The Morgan fingerprint density at radius 3 is 3.05 bits per heavy atom. The predicted molar refractivity (Wildman–Crippen MR) is 82.7 cm³/mol. The second-order valence-electron chi connectivity index (χ2n) is 5.39. The molecular formula is C16H24N2O3. The Morgan fingerprint density at radius 1 is 1.52 bits per heavy atom. The third-order valence-corrected chi connectivity index (χ3v) is 3.67. The van der Waals surface area contributed by atoms with E-state index in [0.29, 0.717) is 25.3 Å². The molecule has 1 aromatic rings. The molecule has 0 saturated carbocycles. The number of carbonyl (C=O) groups is 1. The highest BCUT2D eigenvalue weighted by Gasteiger charge is 2.28. The van der Waals surface area contributed by atoms with Gasteiger partial charge in [-0.15, -0.1) is 0 Å². The Balaban J connectivity index is 2.24. The number of aryl methyl sites for hydroxylation is 1. The fraction of sp³-hybridized carbons (Fsp3) is 0.562. The van der Waals surface area contributed by atoms with Crippen LogP contribution in [0.1, 0.15) is 29.3 Å². The molecule has 5 heteroatoms. The number of amides is 1. The number of carbonyl (C=O) groups excluding carboxylic acids is 1. The van der Waals surface area contributed by atoms with E-state index in [9.17, 15) is 9.90 Å². The lowest BCUT2D eigenvalue weighted by Crippen LogP contribution is -2.50. The summed E-state index contributed by atoms with van der Waals surface area (Å²) in [6, 6.07) is 5.54. The van der Waals surface area contributed by atoms with Crippen molar-refractivity contribution in [2.75, 3.05) is 38.2 Å². The van der Waals surface area contributed by atoms with Gasteiger partial charge in [-0.3, -0.25) is 4.79 Å². The smallest absolute Gasteiger partial charge is 0.256 e. The monoisotopic (exact) mass is 292 g/mol. The van der Waals surface area contributed by atoms with E-state index in [2.05, 4.69) is 12.2 Å². The van der Waals surface area contributed by atoms with Crippen molar-refractivity contribution in [2.45, 2.75) is 26.3 Å². The van der Waals surface area contributed by atoms with Crippen molar-refractivity contribution < 1.29 is 14.6 Å². The van der Waals surface area contributed by atoms with Gasteiger partial charge in [-0.05, 0) is 31.0 Å². The van der Waals surface area contributed by atoms with Crippen LogP contribution in [-0.2, 0) is 4.74 Å². The van der Waals surface area contributed by atoms with Crippen molar-refractivity contribution in [1.82, 2.24) is 4.90 Å². The molecule has 5 nitrogen and oxygen atoms in total. The first-order chi connectivity index (χ1) is 10.2. The van der Waals surface area contributed by atoms with Crippen molar-refractivity contribution >= 4 is 11.6 Å². The van der Waals surface area contributed by atoms with Gasteiger partial charge in [-0.25, -0.2) is 0 Å². The van der Waals surface area contributed by atoms with Gasteiger partial charge in [0, 0.05) is 18.8 Å². The summed E-state index contributed by atoms with van der Waals surface area (Å²) in [5, 5.41) is 12.7. The van der Waals surface area contributed by atoms with Crippen molar-refractivity contribution in [3.8, 4) is 0 Å². The third kappa shape index (κ3) is 3.74. The van der Waals surface area contributed by atoms with Gasteiger partial charge in [0.15, 0.2) is 0 Å². The number of aliphatic hydroxyl groups excluding tert-OH is 1. The summed E-state index contributed by atoms with van der Waals surface area (Å²) < 4.78 is 5.33. The fourth-order valence-electron chi connectivity index (χ4n) is 2.48. The molecule has 0 bridgehead atoms. The van der Waals surface area contributed by atoms with E-state index in [0.717, 1.165) is 24.2 Å². The van der Waals surface area contributed by atoms with Crippen LogP contribution < -0.4 is 5.32 Å². The lowest BCUT2D eigenvalue weighted by Gasteiger charge is -2.35. The Bertz CT molecular complexity index is 490. The van der Waals surface area contributed by atoms with Crippen molar-refractivity contribution in [1.29, 1.82) is 0 Å². The van der Waals surface area contributed by atoms with Crippen LogP contribution in [0.3, 0.4) is 0 Å². The Morgan fingerprint density at radius 2 is 2.33 bits per heavy atom. The van der Waals surface area contributed by atoms with E-state index >= 15 is 0 Å². The molecule has 1 heterocycles. The minimum atomic E-state index is -0.258. The summed E-state index contributed by atoms with van der Waals surface area (Å²) in [6.07, 6.45) is 0.998. The summed E-state index contributed by atoms with van der Waals surface area (Å²) in [5.41, 5.74) is 2.64. The first kappa shape index (κ1) is 15.8. The van der Waals surface area contributed by atoms with Crippen LogP contribution in [0.4, 0.5) is 5.69 Å². The molecule has 1 saturated heterocycles. The van der Waals surface area contributed by atoms with Gasteiger partial charge in [0.25, 0.3) is 5.91 Å². The molecular weight excluding hydrogens is 268 g/mol. The quantitative estimate of drug-likeness (QED) is 0.866. The van der Waals surface area contributed by atoms with E-state index in [4.69, 9.17) is 4.74 Å². The maximum Gasteiger partial charge on any atom is 0.256 e. The zero-order valence-corrected chi connectivity index (χ0v) is 12.8. The number of benzene rings is 1. The molecule has 1 amide bonds. The molecule has 1 atom stereocenters. The molecule has 0 aliphatic carbocycles. The first-order valence-corrected chi connectivity index (χ1v) is 7.51. The van der Waals surface area contributed by atoms with Gasteiger partial charge in [-0.1, -0.05) is 13.0 Å². The molecule has 116 valence electrons. The lowest BCUT2D eigenvalue weighted by molar-refractivity contribution is -0.0183. The van der Waals surface area contributed by atoms with Crippen molar-refractivity contribution in [2.24, 2.45) is 0 Å². The SMILES string of the molecule is CCCNc1cc(C)ccc1C(=O)N1CCOCC1CO. The summed E-state index contributed by atoms with van der Waals surface area (Å²) in [7, 11) is 0. The van der Waals surface area contributed by atoms with Crippen LogP contribution in [0, 0.1) is 6.92 Å². The topological polar surface area (TPSA) is 61.8 Å². The van der Waals surface area contributed by atoms with Crippen LogP contribution in [0.15, 0.2) is 18.2 Å². The molecule has 1 fully saturated rings. The molecule has 0 aromatic heterocycles. The van der Waals surface area contributed by atoms with E-state index in [1.54, 1.807) is 4.90 Å². The van der Waals surface area contributed by atoms with Crippen molar-refractivity contribution in [3.05, 3.63) is 29.3 Å². The van der Waals surface area contributed by atoms with Crippen LogP contribution in [0.25, 0.3) is 0 Å². The zero-order valence-electron chi connectivity index (χ0n) is 12.8. The number of aliphatic hydroxyl groups is 1. The van der Waals surface area contributed by atoms with Crippen LogP contribution in [-0.4, -0.2) is 54.9 Å². The van der Waals surface area contributed by atoms with Gasteiger partial charge in [0.05, 0.1) is 31.4 Å².